The first kappa shape index (κ1) is 19.9. The van der Waals surface area contributed by atoms with Crippen molar-refractivity contribution in [1.82, 2.24) is 20.1 Å². The van der Waals surface area contributed by atoms with Gasteiger partial charge in [-0.2, -0.15) is 8.78 Å². The summed E-state index contributed by atoms with van der Waals surface area (Å²) in [5.74, 6) is -1.19. The minimum atomic E-state index is -2.92. The maximum absolute atomic E-state index is 14.2. The molecule has 156 valence electrons. The van der Waals surface area contributed by atoms with E-state index < -0.39 is 18.1 Å². The van der Waals surface area contributed by atoms with Crippen LogP contribution in [0.25, 0.3) is 22.7 Å². The van der Waals surface area contributed by atoms with Gasteiger partial charge in [0.1, 0.15) is 23.9 Å². The SMILES string of the molecule is O=C1CCCN1CCOc1cccnc1-c1cc(F)cc(-c2nnc(C(F)F)o2)c1. The standard InChI is InChI=1S/C20H17F3N4O3/c21-14-10-12(9-13(11-14)19-25-26-20(30-19)18(22)23)17-15(3-1-5-24-17)29-8-7-27-6-2-4-16(27)28/h1,3,5,9-11,18H,2,4,6-8H2. The first-order chi connectivity index (χ1) is 14.5. The summed E-state index contributed by atoms with van der Waals surface area (Å²) in [4.78, 5) is 17.7. The number of benzene rings is 1. The fourth-order valence-electron chi connectivity index (χ4n) is 3.22. The average molecular weight is 418 g/mol. The van der Waals surface area contributed by atoms with Crippen molar-refractivity contribution in [3.8, 4) is 28.5 Å². The Kier molecular flexibility index (Phi) is 5.64. The molecule has 0 radical (unpaired) electrons. The zero-order chi connectivity index (χ0) is 21.1. The first-order valence-corrected chi connectivity index (χ1v) is 9.30. The summed E-state index contributed by atoms with van der Waals surface area (Å²) in [7, 11) is 0. The highest BCUT2D eigenvalue weighted by atomic mass is 19.3. The van der Waals surface area contributed by atoms with E-state index >= 15 is 0 Å². The van der Waals surface area contributed by atoms with Gasteiger partial charge in [0.05, 0.1) is 6.54 Å². The summed E-state index contributed by atoms with van der Waals surface area (Å²) >= 11 is 0. The van der Waals surface area contributed by atoms with Crippen LogP contribution in [0.3, 0.4) is 0 Å². The summed E-state index contributed by atoms with van der Waals surface area (Å²) < 4.78 is 50.4. The lowest BCUT2D eigenvalue weighted by Crippen LogP contribution is -2.29. The van der Waals surface area contributed by atoms with Crippen LogP contribution in [-0.4, -0.2) is 45.7 Å². The molecule has 0 unspecified atom stereocenters. The Morgan fingerprint density at radius 3 is 2.77 bits per heavy atom. The molecule has 0 saturated carbocycles. The van der Waals surface area contributed by atoms with E-state index in [-0.39, 0.29) is 24.0 Å². The summed E-state index contributed by atoms with van der Waals surface area (Å²) in [5, 5.41) is 6.82. The minimum absolute atomic E-state index is 0.0995. The number of carbonyl (C=O) groups is 1. The second-order valence-electron chi connectivity index (χ2n) is 6.66. The van der Waals surface area contributed by atoms with Gasteiger partial charge in [0.25, 0.3) is 5.89 Å². The van der Waals surface area contributed by atoms with E-state index in [2.05, 4.69) is 15.2 Å². The van der Waals surface area contributed by atoms with Gasteiger partial charge in [-0.15, -0.1) is 10.2 Å². The van der Waals surface area contributed by atoms with Gasteiger partial charge in [-0.1, -0.05) is 0 Å². The zero-order valence-corrected chi connectivity index (χ0v) is 15.7. The van der Waals surface area contributed by atoms with E-state index in [0.717, 1.165) is 12.5 Å². The van der Waals surface area contributed by atoms with Crippen molar-refractivity contribution in [3.05, 3.63) is 48.2 Å². The molecular weight excluding hydrogens is 401 g/mol. The number of pyridine rings is 1. The summed E-state index contributed by atoms with van der Waals surface area (Å²) in [6, 6.07) is 7.21. The highest BCUT2D eigenvalue weighted by Crippen LogP contribution is 2.32. The predicted molar refractivity (Wildman–Crippen MR) is 99.2 cm³/mol. The van der Waals surface area contributed by atoms with Crippen molar-refractivity contribution in [2.75, 3.05) is 19.7 Å². The third kappa shape index (κ3) is 4.27. The van der Waals surface area contributed by atoms with Crippen LogP contribution in [0.1, 0.15) is 25.2 Å². The van der Waals surface area contributed by atoms with Crippen molar-refractivity contribution < 1.29 is 27.1 Å². The fraction of sp³-hybridized carbons (Fsp3) is 0.300. The maximum atomic E-state index is 14.2. The van der Waals surface area contributed by atoms with E-state index in [1.165, 1.54) is 18.3 Å². The number of hydrogen-bond acceptors (Lipinski definition) is 6. The van der Waals surface area contributed by atoms with Crippen LogP contribution in [0.2, 0.25) is 0 Å². The molecule has 10 heteroatoms. The second-order valence-corrected chi connectivity index (χ2v) is 6.66. The average Bonchev–Trinajstić information content (AvgIpc) is 3.38. The molecule has 1 aromatic carbocycles. The fourth-order valence-corrected chi connectivity index (χ4v) is 3.22. The summed E-state index contributed by atoms with van der Waals surface area (Å²) in [5.41, 5.74) is 0.859. The molecule has 0 bridgehead atoms. The number of amides is 1. The van der Waals surface area contributed by atoms with Crippen molar-refractivity contribution in [2.24, 2.45) is 0 Å². The zero-order valence-electron chi connectivity index (χ0n) is 15.7. The molecule has 4 rings (SSSR count). The van der Waals surface area contributed by atoms with Gasteiger partial charge in [0.15, 0.2) is 0 Å². The third-order valence-electron chi connectivity index (χ3n) is 4.61. The molecule has 0 spiro atoms. The van der Waals surface area contributed by atoms with Crippen molar-refractivity contribution in [3.63, 3.8) is 0 Å². The van der Waals surface area contributed by atoms with Gasteiger partial charge in [-0.3, -0.25) is 9.78 Å². The Hall–Kier alpha value is -3.43. The number of nitrogens with zero attached hydrogens (tertiary/aromatic N) is 4. The molecule has 0 atom stereocenters. The molecule has 1 fully saturated rings. The summed E-state index contributed by atoms with van der Waals surface area (Å²) in [6.07, 6.45) is -0.00472. The van der Waals surface area contributed by atoms with Gasteiger partial charge >= 0.3 is 6.43 Å². The number of ether oxygens (including phenoxy) is 1. The van der Waals surface area contributed by atoms with E-state index in [1.807, 2.05) is 0 Å². The molecule has 1 amide bonds. The molecule has 7 nitrogen and oxygen atoms in total. The molecule has 30 heavy (non-hydrogen) atoms. The van der Waals surface area contributed by atoms with E-state index in [4.69, 9.17) is 9.15 Å². The van der Waals surface area contributed by atoms with Gasteiger partial charge in [0.2, 0.25) is 11.8 Å². The maximum Gasteiger partial charge on any atom is 0.314 e. The Morgan fingerprint density at radius 2 is 2.03 bits per heavy atom. The number of alkyl halides is 2. The molecule has 3 heterocycles. The minimum Gasteiger partial charge on any atom is -0.489 e. The smallest absolute Gasteiger partial charge is 0.314 e. The van der Waals surface area contributed by atoms with Crippen molar-refractivity contribution >= 4 is 5.91 Å². The first-order valence-electron chi connectivity index (χ1n) is 9.30. The Balaban J connectivity index is 1.57. The topological polar surface area (TPSA) is 81.4 Å². The summed E-state index contributed by atoms with van der Waals surface area (Å²) in [6.45, 7) is 1.41. The number of likely N-dealkylation sites (tertiary alicyclic amines) is 1. The molecule has 2 aromatic heterocycles. The number of rotatable bonds is 7. The van der Waals surface area contributed by atoms with Gasteiger partial charge in [0, 0.05) is 30.3 Å². The number of halogens is 3. The van der Waals surface area contributed by atoms with Crippen LogP contribution in [0, 0.1) is 5.82 Å². The number of hydrogen-bond donors (Lipinski definition) is 0. The molecule has 1 aliphatic rings. The highest BCUT2D eigenvalue weighted by Gasteiger charge is 2.21. The quantitative estimate of drug-likeness (QED) is 0.579. The monoisotopic (exact) mass is 418 g/mol. The molecule has 1 aliphatic heterocycles. The second kappa shape index (κ2) is 8.52. The normalized spacial score (nSPS) is 14.0. The van der Waals surface area contributed by atoms with Crippen LogP contribution in [0.5, 0.6) is 5.75 Å². The van der Waals surface area contributed by atoms with Crippen molar-refractivity contribution in [1.29, 1.82) is 0 Å². The molecule has 0 N–H and O–H groups in total. The number of aromatic nitrogens is 3. The Bertz CT molecular complexity index is 1060. The lowest BCUT2D eigenvalue weighted by Gasteiger charge is -2.17. The molecular formula is C20H17F3N4O3. The lowest BCUT2D eigenvalue weighted by molar-refractivity contribution is -0.128. The van der Waals surface area contributed by atoms with Crippen LogP contribution < -0.4 is 4.74 Å². The molecule has 0 aliphatic carbocycles. The predicted octanol–water partition coefficient (Wildman–Crippen LogP) is 3.88. The Morgan fingerprint density at radius 1 is 1.20 bits per heavy atom. The van der Waals surface area contributed by atoms with Crippen LogP contribution in [-0.2, 0) is 4.79 Å². The van der Waals surface area contributed by atoms with Gasteiger partial charge in [-0.25, -0.2) is 4.39 Å². The van der Waals surface area contributed by atoms with Gasteiger partial charge < -0.3 is 14.1 Å². The number of carbonyl (C=O) groups excluding carboxylic acids is 1. The van der Waals surface area contributed by atoms with E-state index in [9.17, 15) is 18.0 Å². The van der Waals surface area contributed by atoms with Crippen LogP contribution in [0.15, 0.2) is 40.9 Å². The molecule has 3 aromatic rings. The largest absolute Gasteiger partial charge is 0.489 e. The third-order valence-corrected chi connectivity index (χ3v) is 4.61. The van der Waals surface area contributed by atoms with Crippen molar-refractivity contribution in [2.45, 2.75) is 19.3 Å². The van der Waals surface area contributed by atoms with E-state index in [1.54, 1.807) is 17.0 Å². The molecule has 1 saturated heterocycles. The van der Waals surface area contributed by atoms with Crippen LogP contribution in [0.4, 0.5) is 13.2 Å². The highest BCUT2D eigenvalue weighted by molar-refractivity contribution is 5.78. The van der Waals surface area contributed by atoms with Crippen LogP contribution >= 0.6 is 0 Å². The van der Waals surface area contributed by atoms with E-state index in [0.29, 0.717) is 36.5 Å². The Labute approximate surface area is 169 Å². The van der Waals surface area contributed by atoms with Gasteiger partial charge in [-0.05, 0) is 36.8 Å². The lowest BCUT2D eigenvalue weighted by atomic mass is 10.1.